The van der Waals surface area contributed by atoms with Crippen LogP contribution < -0.4 is 10.6 Å². The maximum atomic E-state index is 5.82. The number of nitrogens with one attached hydrogen (secondary N) is 2. The van der Waals surface area contributed by atoms with Crippen molar-refractivity contribution in [3.8, 4) is 0 Å². The summed E-state index contributed by atoms with van der Waals surface area (Å²) in [4.78, 5) is 8.79. The summed E-state index contributed by atoms with van der Waals surface area (Å²) < 4.78 is 5.68. The molecule has 5 nitrogen and oxygen atoms in total. The molecule has 1 aromatic heterocycles. The zero-order valence-corrected chi connectivity index (χ0v) is 17.1. The largest absolute Gasteiger partial charge is 0.374 e. The third-order valence-electron chi connectivity index (χ3n) is 3.83. The molecule has 0 unspecified atom stereocenters. The molecule has 27 heavy (non-hydrogen) atoms. The Labute approximate surface area is 167 Å². The van der Waals surface area contributed by atoms with Gasteiger partial charge in [-0.1, -0.05) is 41.9 Å². The molecule has 2 N–H and O–H groups in total. The van der Waals surface area contributed by atoms with Gasteiger partial charge in [-0.25, -0.2) is 9.98 Å². The number of pyridine rings is 1. The Bertz CT molecular complexity index is 716. The summed E-state index contributed by atoms with van der Waals surface area (Å²) in [6, 6.07) is 12.2. The molecule has 0 aliphatic heterocycles. The van der Waals surface area contributed by atoms with Gasteiger partial charge in [-0.05, 0) is 49.9 Å². The number of halogens is 1. The molecule has 0 spiro atoms. The lowest BCUT2D eigenvalue weighted by molar-refractivity contribution is 0.0657. The van der Waals surface area contributed by atoms with E-state index in [-0.39, 0.29) is 6.10 Å². The van der Waals surface area contributed by atoms with E-state index in [0.29, 0.717) is 18.3 Å². The van der Waals surface area contributed by atoms with Gasteiger partial charge in [-0.2, -0.15) is 0 Å². The van der Waals surface area contributed by atoms with Gasteiger partial charge in [0.25, 0.3) is 0 Å². The van der Waals surface area contributed by atoms with Crippen LogP contribution in [0.1, 0.15) is 37.5 Å². The van der Waals surface area contributed by atoms with Crippen molar-refractivity contribution in [1.29, 1.82) is 0 Å². The molecule has 1 heterocycles. The average Bonchev–Trinajstić information content (AvgIpc) is 2.66. The highest BCUT2D eigenvalue weighted by Gasteiger charge is 2.01. The van der Waals surface area contributed by atoms with Crippen LogP contribution in [0.4, 0.5) is 0 Å². The van der Waals surface area contributed by atoms with Crippen LogP contribution in [0.3, 0.4) is 0 Å². The Hall–Kier alpha value is -2.11. The minimum Gasteiger partial charge on any atom is -0.374 e. The van der Waals surface area contributed by atoms with Crippen LogP contribution in [0.15, 0.2) is 47.6 Å². The Morgan fingerprint density at radius 1 is 1.15 bits per heavy atom. The predicted octanol–water partition coefficient (Wildman–Crippen LogP) is 3.96. The molecule has 1 aromatic carbocycles. The first-order valence-electron chi connectivity index (χ1n) is 9.39. The highest BCUT2D eigenvalue weighted by Crippen LogP contribution is 2.09. The third-order valence-corrected chi connectivity index (χ3v) is 4.06. The second-order valence-corrected chi connectivity index (χ2v) is 6.93. The summed E-state index contributed by atoms with van der Waals surface area (Å²) in [5.41, 5.74) is 3.48. The van der Waals surface area contributed by atoms with E-state index in [1.807, 2.05) is 26.0 Å². The van der Waals surface area contributed by atoms with Gasteiger partial charge in [0.05, 0.1) is 19.3 Å². The summed E-state index contributed by atoms with van der Waals surface area (Å²) in [6.07, 6.45) is 2.89. The van der Waals surface area contributed by atoms with Crippen molar-refractivity contribution in [3.05, 3.63) is 64.4 Å². The van der Waals surface area contributed by atoms with E-state index < -0.39 is 0 Å². The van der Waals surface area contributed by atoms with Crippen LogP contribution in [-0.4, -0.2) is 30.1 Å². The highest BCUT2D eigenvalue weighted by molar-refractivity contribution is 6.29. The maximum absolute atomic E-state index is 5.82. The molecule has 0 aliphatic carbocycles. The first kappa shape index (κ1) is 21.2. The van der Waals surface area contributed by atoms with Crippen molar-refractivity contribution in [2.75, 3.05) is 13.1 Å². The molecule has 0 radical (unpaired) electrons. The quantitative estimate of drug-likeness (QED) is 0.388. The second-order valence-electron chi connectivity index (χ2n) is 6.54. The molecule has 0 saturated heterocycles. The number of rotatable bonds is 9. The van der Waals surface area contributed by atoms with E-state index in [0.717, 1.165) is 31.0 Å². The highest BCUT2D eigenvalue weighted by atomic mass is 35.5. The number of aromatic nitrogens is 1. The Kier molecular flexibility index (Phi) is 9.08. The molecule has 6 heteroatoms. The molecular formula is C21H29ClN4O. The van der Waals surface area contributed by atoms with E-state index in [1.165, 1.54) is 11.1 Å². The van der Waals surface area contributed by atoms with Crippen LogP contribution in [0, 0.1) is 0 Å². The average molecular weight is 389 g/mol. The fourth-order valence-electron chi connectivity index (χ4n) is 2.47. The van der Waals surface area contributed by atoms with E-state index in [2.05, 4.69) is 51.8 Å². The minimum atomic E-state index is 0.229. The number of guanidine groups is 1. The Balaban J connectivity index is 1.88. The first-order valence-corrected chi connectivity index (χ1v) is 9.76. The standard InChI is InChI=1S/C21H29ClN4O/c1-4-23-21(24-11-10-17-8-9-20(22)25-13-17)26-14-18-6-5-7-19(12-18)15-27-16(2)3/h5-9,12-13,16H,4,10-11,14-15H2,1-3H3,(H2,23,24,26). The van der Waals surface area contributed by atoms with Crippen LogP contribution >= 0.6 is 11.6 Å². The molecule has 0 fully saturated rings. The van der Waals surface area contributed by atoms with Crippen LogP contribution in [0.2, 0.25) is 5.15 Å². The van der Waals surface area contributed by atoms with Gasteiger partial charge >= 0.3 is 0 Å². The van der Waals surface area contributed by atoms with Gasteiger partial charge in [-0.15, -0.1) is 0 Å². The molecular weight excluding hydrogens is 360 g/mol. The van der Waals surface area contributed by atoms with Crippen molar-refractivity contribution in [2.24, 2.45) is 4.99 Å². The zero-order valence-electron chi connectivity index (χ0n) is 16.3. The van der Waals surface area contributed by atoms with Crippen LogP contribution in [0.5, 0.6) is 0 Å². The molecule has 2 rings (SSSR count). The van der Waals surface area contributed by atoms with Gasteiger partial charge in [0.2, 0.25) is 0 Å². The second kappa shape index (κ2) is 11.6. The van der Waals surface area contributed by atoms with Gasteiger partial charge in [0.15, 0.2) is 5.96 Å². The number of nitrogens with zero attached hydrogens (tertiary/aromatic N) is 2. The Morgan fingerprint density at radius 3 is 2.67 bits per heavy atom. The Morgan fingerprint density at radius 2 is 1.96 bits per heavy atom. The first-order chi connectivity index (χ1) is 13.1. The van der Waals surface area contributed by atoms with Gasteiger partial charge in [0.1, 0.15) is 5.15 Å². The summed E-state index contributed by atoms with van der Waals surface area (Å²) in [5.74, 6) is 0.809. The fourth-order valence-corrected chi connectivity index (χ4v) is 2.58. The van der Waals surface area contributed by atoms with Crippen molar-refractivity contribution in [2.45, 2.75) is 46.4 Å². The molecule has 0 amide bonds. The molecule has 2 aromatic rings. The van der Waals surface area contributed by atoms with Crippen molar-refractivity contribution in [1.82, 2.24) is 15.6 Å². The molecule has 0 saturated carbocycles. The van der Waals surface area contributed by atoms with E-state index >= 15 is 0 Å². The van der Waals surface area contributed by atoms with Crippen LogP contribution in [-0.2, 0) is 24.3 Å². The van der Waals surface area contributed by atoms with Gasteiger partial charge < -0.3 is 15.4 Å². The molecule has 0 bridgehead atoms. The normalized spacial score (nSPS) is 11.7. The maximum Gasteiger partial charge on any atom is 0.191 e. The molecule has 146 valence electrons. The number of ether oxygens (including phenoxy) is 1. The summed E-state index contributed by atoms with van der Waals surface area (Å²) in [5, 5.41) is 7.16. The topological polar surface area (TPSA) is 58.5 Å². The monoisotopic (exact) mass is 388 g/mol. The van der Waals surface area contributed by atoms with E-state index in [9.17, 15) is 0 Å². The molecule has 0 aliphatic rings. The smallest absolute Gasteiger partial charge is 0.191 e. The van der Waals surface area contributed by atoms with Crippen molar-refractivity contribution in [3.63, 3.8) is 0 Å². The summed E-state index contributed by atoms with van der Waals surface area (Å²) >= 11 is 5.82. The minimum absolute atomic E-state index is 0.229. The lowest BCUT2D eigenvalue weighted by atomic mass is 10.1. The van der Waals surface area contributed by atoms with Crippen LogP contribution in [0.25, 0.3) is 0 Å². The van der Waals surface area contributed by atoms with Gasteiger partial charge in [0, 0.05) is 19.3 Å². The number of hydrogen-bond donors (Lipinski definition) is 2. The number of benzene rings is 1. The summed E-state index contributed by atoms with van der Waals surface area (Å²) in [7, 11) is 0. The number of hydrogen-bond acceptors (Lipinski definition) is 3. The predicted molar refractivity (Wildman–Crippen MR) is 112 cm³/mol. The lowest BCUT2D eigenvalue weighted by Crippen LogP contribution is -2.38. The van der Waals surface area contributed by atoms with E-state index in [4.69, 9.17) is 16.3 Å². The van der Waals surface area contributed by atoms with Gasteiger partial charge in [-0.3, -0.25) is 0 Å². The molecule has 0 atom stereocenters. The van der Waals surface area contributed by atoms with Crippen molar-refractivity contribution >= 4 is 17.6 Å². The van der Waals surface area contributed by atoms with E-state index in [1.54, 1.807) is 6.20 Å². The summed E-state index contributed by atoms with van der Waals surface area (Å²) in [6.45, 7) is 8.99. The fraction of sp³-hybridized carbons (Fsp3) is 0.429. The van der Waals surface area contributed by atoms with Crippen molar-refractivity contribution < 1.29 is 4.74 Å². The number of aliphatic imine (C=N–C) groups is 1. The third kappa shape index (κ3) is 8.41. The SMILES string of the molecule is CCNC(=NCc1cccc(COC(C)C)c1)NCCc1ccc(Cl)nc1. The lowest BCUT2D eigenvalue weighted by Gasteiger charge is -2.12. The zero-order chi connectivity index (χ0) is 19.5.